The Kier molecular flexibility index (Phi) is 6.10. The second-order valence-electron chi connectivity index (χ2n) is 6.48. The van der Waals surface area contributed by atoms with Gasteiger partial charge in [0, 0.05) is 39.3 Å². The summed E-state index contributed by atoms with van der Waals surface area (Å²) in [6.07, 6.45) is 0.163. The average Bonchev–Trinajstić information content (AvgIpc) is 2.69. The smallest absolute Gasteiger partial charge is 0.335 e. The van der Waals surface area contributed by atoms with Gasteiger partial charge in [-0.25, -0.2) is 4.79 Å². The lowest BCUT2D eigenvalue weighted by atomic mass is 10.1. The summed E-state index contributed by atoms with van der Waals surface area (Å²) < 4.78 is 33.3. The summed E-state index contributed by atoms with van der Waals surface area (Å²) in [5.74, 6) is -1.10. The maximum Gasteiger partial charge on any atom is 0.335 e. The van der Waals surface area contributed by atoms with Gasteiger partial charge >= 0.3 is 5.97 Å². The van der Waals surface area contributed by atoms with E-state index >= 15 is 0 Å². The van der Waals surface area contributed by atoms with Crippen LogP contribution in [-0.4, -0.2) is 91.4 Å². The van der Waals surface area contributed by atoms with Crippen molar-refractivity contribution in [3.8, 4) is 0 Å². The van der Waals surface area contributed by atoms with Crippen molar-refractivity contribution in [3.05, 3.63) is 35.4 Å². The van der Waals surface area contributed by atoms with Crippen LogP contribution in [0.1, 0.15) is 15.9 Å². The first-order valence-corrected chi connectivity index (χ1v) is 10.2. The molecule has 0 aromatic heterocycles. The molecular weight excluding hydrogens is 374 g/mol. The van der Waals surface area contributed by atoms with Crippen molar-refractivity contribution in [2.24, 2.45) is 0 Å². The number of rotatable bonds is 5. The minimum atomic E-state index is -3.51. The van der Waals surface area contributed by atoms with Gasteiger partial charge in [-0.05, 0) is 17.7 Å². The summed E-state index contributed by atoms with van der Waals surface area (Å²) in [6.45, 7) is 2.73. The molecule has 148 valence electrons. The van der Waals surface area contributed by atoms with Crippen molar-refractivity contribution in [3.63, 3.8) is 0 Å². The molecule has 0 bridgehead atoms. The maximum atomic E-state index is 12.6. The van der Waals surface area contributed by atoms with Gasteiger partial charge in [-0.1, -0.05) is 12.1 Å². The number of ether oxygens (including phenoxy) is 1. The predicted molar refractivity (Wildman–Crippen MR) is 96.6 cm³/mol. The quantitative estimate of drug-likeness (QED) is 0.728. The van der Waals surface area contributed by atoms with Gasteiger partial charge in [0.15, 0.2) is 0 Å². The Morgan fingerprint density at radius 2 is 1.48 bits per heavy atom. The van der Waals surface area contributed by atoms with Crippen molar-refractivity contribution in [1.82, 2.24) is 13.5 Å². The van der Waals surface area contributed by atoms with Crippen molar-refractivity contribution < 1.29 is 27.9 Å². The minimum absolute atomic E-state index is 0.0958. The van der Waals surface area contributed by atoms with Crippen LogP contribution in [0.3, 0.4) is 0 Å². The van der Waals surface area contributed by atoms with E-state index in [-0.39, 0.29) is 31.0 Å². The Balaban J connectivity index is 1.53. The van der Waals surface area contributed by atoms with Crippen molar-refractivity contribution in [2.45, 2.75) is 6.42 Å². The Morgan fingerprint density at radius 1 is 0.926 bits per heavy atom. The summed E-state index contributed by atoms with van der Waals surface area (Å²) in [7, 11) is -3.51. The molecule has 0 radical (unpaired) electrons. The Bertz CT molecular complexity index is 781. The van der Waals surface area contributed by atoms with Gasteiger partial charge in [0.25, 0.3) is 10.2 Å². The molecule has 2 aliphatic heterocycles. The van der Waals surface area contributed by atoms with E-state index < -0.39 is 16.2 Å². The fourth-order valence-corrected chi connectivity index (χ4v) is 4.72. The highest BCUT2D eigenvalue weighted by molar-refractivity contribution is 7.86. The fraction of sp³-hybridized carbons (Fsp3) is 0.529. The van der Waals surface area contributed by atoms with Crippen LogP contribution in [0, 0.1) is 0 Å². The lowest BCUT2D eigenvalue weighted by molar-refractivity contribution is -0.131. The van der Waals surface area contributed by atoms with E-state index in [0.29, 0.717) is 39.4 Å². The monoisotopic (exact) mass is 397 g/mol. The number of hydrogen-bond acceptors (Lipinski definition) is 5. The number of nitrogens with zero attached hydrogens (tertiary/aromatic N) is 3. The topological polar surface area (TPSA) is 107 Å². The number of carboxylic acids is 1. The normalized spacial score (nSPS) is 19.8. The molecule has 0 saturated carbocycles. The van der Waals surface area contributed by atoms with E-state index in [4.69, 9.17) is 9.84 Å². The molecule has 0 aliphatic carbocycles. The van der Waals surface area contributed by atoms with Gasteiger partial charge in [0.05, 0.1) is 25.2 Å². The van der Waals surface area contributed by atoms with Crippen LogP contribution in [0.5, 0.6) is 0 Å². The average molecular weight is 397 g/mol. The van der Waals surface area contributed by atoms with Gasteiger partial charge in [-0.2, -0.15) is 17.0 Å². The van der Waals surface area contributed by atoms with Crippen LogP contribution in [0.4, 0.5) is 0 Å². The zero-order chi connectivity index (χ0) is 19.4. The number of hydrogen-bond donors (Lipinski definition) is 1. The molecule has 1 aromatic carbocycles. The number of morpholine rings is 1. The summed E-state index contributed by atoms with van der Waals surface area (Å²) in [4.78, 5) is 25.0. The standard InChI is InChI=1S/C17H23N3O6S/c21-16(13-14-1-3-15(4-2-14)17(22)23)18-5-7-19(8-6-18)27(24,25)20-9-11-26-12-10-20/h1-4H,5-13H2,(H,22,23). The number of amides is 1. The number of benzene rings is 1. The first kappa shape index (κ1) is 19.7. The predicted octanol–water partition coefficient (Wildman–Crippen LogP) is -0.351. The molecule has 10 heteroatoms. The second kappa shape index (κ2) is 8.34. The van der Waals surface area contributed by atoms with Gasteiger partial charge in [-0.3, -0.25) is 4.79 Å². The second-order valence-corrected chi connectivity index (χ2v) is 8.41. The van der Waals surface area contributed by atoms with Gasteiger partial charge in [0.2, 0.25) is 5.91 Å². The van der Waals surface area contributed by atoms with Crippen LogP contribution < -0.4 is 0 Å². The first-order valence-electron chi connectivity index (χ1n) is 8.81. The number of piperazine rings is 1. The molecule has 2 aliphatic rings. The van der Waals surface area contributed by atoms with E-state index in [9.17, 15) is 18.0 Å². The molecule has 1 aromatic rings. The molecule has 1 N–H and O–H groups in total. The molecule has 0 spiro atoms. The number of carbonyl (C=O) groups excluding carboxylic acids is 1. The molecule has 0 atom stereocenters. The first-order chi connectivity index (χ1) is 12.9. The van der Waals surface area contributed by atoms with Gasteiger partial charge < -0.3 is 14.7 Å². The van der Waals surface area contributed by atoms with E-state index in [2.05, 4.69) is 0 Å². The number of carboxylic acid groups (broad SMARTS) is 1. The largest absolute Gasteiger partial charge is 0.478 e. The van der Waals surface area contributed by atoms with Crippen LogP contribution in [-0.2, 0) is 26.2 Å². The lowest BCUT2D eigenvalue weighted by Crippen LogP contribution is -2.56. The molecule has 0 unspecified atom stereocenters. The summed E-state index contributed by atoms with van der Waals surface area (Å²) >= 11 is 0. The zero-order valence-corrected chi connectivity index (χ0v) is 15.7. The van der Waals surface area contributed by atoms with Gasteiger partial charge in [0.1, 0.15) is 0 Å². The SMILES string of the molecule is O=C(O)c1ccc(CC(=O)N2CCN(S(=O)(=O)N3CCOCC3)CC2)cc1. The van der Waals surface area contributed by atoms with Crippen LogP contribution in [0.15, 0.2) is 24.3 Å². The fourth-order valence-electron chi connectivity index (χ4n) is 3.16. The Hall–Kier alpha value is -2.01. The lowest BCUT2D eigenvalue weighted by Gasteiger charge is -2.37. The van der Waals surface area contributed by atoms with E-state index in [1.807, 2.05) is 0 Å². The molecule has 1 amide bonds. The van der Waals surface area contributed by atoms with Crippen molar-refractivity contribution in [1.29, 1.82) is 0 Å². The zero-order valence-electron chi connectivity index (χ0n) is 14.9. The van der Waals surface area contributed by atoms with Gasteiger partial charge in [-0.15, -0.1) is 0 Å². The minimum Gasteiger partial charge on any atom is -0.478 e. The van der Waals surface area contributed by atoms with Crippen molar-refractivity contribution >= 4 is 22.1 Å². The third-order valence-electron chi connectivity index (χ3n) is 4.77. The Morgan fingerprint density at radius 3 is 2.04 bits per heavy atom. The maximum absolute atomic E-state index is 12.6. The third kappa shape index (κ3) is 4.64. The summed E-state index contributed by atoms with van der Waals surface area (Å²) in [6, 6.07) is 6.19. The molecule has 3 rings (SSSR count). The van der Waals surface area contributed by atoms with Crippen molar-refractivity contribution in [2.75, 3.05) is 52.5 Å². The number of carbonyl (C=O) groups is 2. The summed E-state index contributed by atoms with van der Waals surface area (Å²) in [5.41, 5.74) is 0.904. The Labute approximate surface area is 158 Å². The van der Waals surface area contributed by atoms with Crippen LogP contribution in [0.2, 0.25) is 0 Å². The number of aromatic carboxylic acids is 1. The molecule has 2 heterocycles. The third-order valence-corrected chi connectivity index (χ3v) is 6.81. The van der Waals surface area contributed by atoms with E-state index in [1.54, 1.807) is 17.0 Å². The summed E-state index contributed by atoms with van der Waals surface area (Å²) in [5, 5.41) is 8.91. The molecule has 9 nitrogen and oxygen atoms in total. The van der Waals surface area contributed by atoms with E-state index in [1.165, 1.54) is 20.7 Å². The van der Waals surface area contributed by atoms with Crippen LogP contribution >= 0.6 is 0 Å². The molecule has 2 fully saturated rings. The highest BCUT2D eigenvalue weighted by atomic mass is 32.2. The highest BCUT2D eigenvalue weighted by Gasteiger charge is 2.34. The highest BCUT2D eigenvalue weighted by Crippen LogP contribution is 2.15. The molecule has 2 saturated heterocycles. The van der Waals surface area contributed by atoms with Crippen LogP contribution in [0.25, 0.3) is 0 Å². The van der Waals surface area contributed by atoms with E-state index in [0.717, 1.165) is 5.56 Å². The molecule has 27 heavy (non-hydrogen) atoms. The molecular formula is C17H23N3O6S.